The number of sulfonamides is 1. The van der Waals surface area contributed by atoms with Gasteiger partial charge < -0.3 is 15.0 Å². The Labute approximate surface area is 226 Å². The smallest absolute Gasteiger partial charge is 0.261 e. The standard InChI is InChI=1S/C27H29N5O4S2/c1-20(33)28-21-8-12-24(13-9-21)38(34,35)30-22-6-10-23(11-7-22)36-19-18-31-14-16-32(17-15-31)27-25-4-2-3-5-26(25)37-29-27/h2-13,30H,14-19H2,1H3,(H,28,33). The first-order valence-electron chi connectivity index (χ1n) is 12.3. The predicted molar refractivity (Wildman–Crippen MR) is 152 cm³/mol. The fourth-order valence-electron chi connectivity index (χ4n) is 4.33. The van der Waals surface area contributed by atoms with Crippen LogP contribution in [0, 0.1) is 0 Å². The van der Waals surface area contributed by atoms with Crippen LogP contribution >= 0.6 is 11.5 Å². The lowest BCUT2D eigenvalue weighted by atomic mass is 10.2. The molecule has 198 valence electrons. The van der Waals surface area contributed by atoms with E-state index in [0.29, 0.717) is 23.7 Å². The molecule has 0 radical (unpaired) electrons. The average Bonchev–Trinajstić information content (AvgIpc) is 3.34. The second-order valence-electron chi connectivity index (χ2n) is 9.01. The van der Waals surface area contributed by atoms with Gasteiger partial charge in [0, 0.05) is 56.4 Å². The highest BCUT2D eigenvalue weighted by atomic mass is 32.2. The van der Waals surface area contributed by atoms with Gasteiger partial charge in [-0.1, -0.05) is 12.1 Å². The van der Waals surface area contributed by atoms with E-state index in [4.69, 9.17) is 4.74 Å². The number of carbonyl (C=O) groups is 1. The van der Waals surface area contributed by atoms with Crippen LogP contribution in [0.15, 0.2) is 77.7 Å². The third-order valence-corrected chi connectivity index (χ3v) is 8.51. The molecule has 0 atom stereocenters. The molecule has 9 nitrogen and oxygen atoms in total. The summed E-state index contributed by atoms with van der Waals surface area (Å²) in [6.07, 6.45) is 0. The van der Waals surface area contributed by atoms with Crippen molar-refractivity contribution in [3.8, 4) is 5.75 Å². The summed E-state index contributed by atoms with van der Waals surface area (Å²) in [7, 11) is -3.75. The van der Waals surface area contributed by atoms with Gasteiger partial charge in [-0.2, -0.15) is 4.37 Å². The number of nitrogens with zero attached hydrogens (tertiary/aromatic N) is 3. The lowest BCUT2D eigenvalue weighted by Crippen LogP contribution is -2.47. The number of ether oxygens (including phenoxy) is 1. The van der Waals surface area contributed by atoms with Crippen LogP contribution in [-0.2, 0) is 14.8 Å². The van der Waals surface area contributed by atoms with Gasteiger partial charge >= 0.3 is 0 Å². The van der Waals surface area contributed by atoms with Gasteiger partial charge in [0.15, 0.2) is 0 Å². The average molecular weight is 552 g/mol. The predicted octanol–water partition coefficient (Wildman–Crippen LogP) is 4.26. The van der Waals surface area contributed by atoms with E-state index in [1.165, 1.54) is 29.1 Å². The number of fused-ring (bicyclic) bond motifs is 1. The molecule has 11 heteroatoms. The first kappa shape index (κ1) is 26.0. The molecule has 1 amide bonds. The van der Waals surface area contributed by atoms with Crippen LogP contribution < -0.4 is 19.7 Å². The number of anilines is 3. The van der Waals surface area contributed by atoms with Crippen LogP contribution in [-0.4, -0.2) is 62.9 Å². The van der Waals surface area contributed by atoms with Crippen LogP contribution in [0.1, 0.15) is 6.92 Å². The molecule has 4 aromatic rings. The second-order valence-corrected chi connectivity index (χ2v) is 11.5. The Bertz CT molecular complexity index is 1500. The highest BCUT2D eigenvalue weighted by molar-refractivity contribution is 7.92. The Kier molecular flexibility index (Phi) is 7.77. The number of rotatable bonds is 9. The van der Waals surface area contributed by atoms with E-state index in [2.05, 4.69) is 42.4 Å². The summed E-state index contributed by atoms with van der Waals surface area (Å²) in [4.78, 5) is 16.0. The van der Waals surface area contributed by atoms with Gasteiger partial charge in [0.05, 0.1) is 9.60 Å². The van der Waals surface area contributed by atoms with Crippen molar-refractivity contribution in [3.05, 3.63) is 72.8 Å². The Morgan fingerprint density at radius 1 is 0.947 bits per heavy atom. The molecule has 1 aromatic heterocycles. The van der Waals surface area contributed by atoms with Gasteiger partial charge in [0.1, 0.15) is 18.2 Å². The molecule has 1 aliphatic rings. The number of nitrogens with one attached hydrogen (secondary N) is 2. The first-order valence-corrected chi connectivity index (χ1v) is 14.6. The third-order valence-electron chi connectivity index (χ3n) is 6.30. The van der Waals surface area contributed by atoms with E-state index >= 15 is 0 Å². The molecular formula is C27H29N5O4S2. The minimum absolute atomic E-state index is 0.106. The maximum atomic E-state index is 12.7. The van der Waals surface area contributed by atoms with Crippen molar-refractivity contribution in [2.45, 2.75) is 11.8 Å². The molecule has 0 aliphatic carbocycles. The van der Waals surface area contributed by atoms with E-state index in [9.17, 15) is 13.2 Å². The molecule has 2 N–H and O–H groups in total. The number of hydrogen-bond acceptors (Lipinski definition) is 8. The van der Waals surface area contributed by atoms with E-state index in [1.54, 1.807) is 47.9 Å². The van der Waals surface area contributed by atoms with Crippen molar-refractivity contribution >= 4 is 54.7 Å². The molecule has 0 bridgehead atoms. The normalized spacial score (nSPS) is 14.4. The van der Waals surface area contributed by atoms with E-state index < -0.39 is 10.0 Å². The molecule has 38 heavy (non-hydrogen) atoms. The van der Waals surface area contributed by atoms with Gasteiger partial charge in [0.25, 0.3) is 10.0 Å². The molecular weight excluding hydrogens is 522 g/mol. The molecule has 0 spiro atoms. The zero-order valence-corrected chi connectivity index (χ0v) is 22.6. The lowest BCUT2D eigenvalue weighted by Gasteiger charge is -2.34. The number of piperazine rings is 1. The maximum absolute atomic E-state index is 12.7. The van der Waals surface area contributed by atoms with Crippen LogP contribution in [0.3, 0.4) is 0 Å². The quantitative estimate of drug-likeness (QED) is 0.320. The number of amides is 1. The van der Waals surface area contributed by atoms with Crippen molar-refractivity contribution in [1.82, 2.24) is 9.27 Å². The number of benzene rings is 3. The molecule has 2 heterocycles. The fourth-order valence-corrected chi connectivity index (χ4v) is 6.18. The Hall–Kier alpha value is -3.67. The van der Waals surface area contributed by atoms with Crippen molar-refractivity contribution in [2.75, 3.05) is 54.3 Å². The summed E-state index contributed by atoms with van der Waals surface area (Å²) in [6.45, 7) is 6.51. The highest BCUT2D eigenvalue weighted by Gasteiger charge is 2.20. The molecule has 0 saturated carbocycles. The van der Waals surface area contributed by atoms with Crippen LogP contribution in [0.4, 0.5) is 17.2 Å². The maximum Gasteiger partial charge on any atom is 0.261 e. The summed E-state index contributed by atoms with van der Waals surface area (Å²) in [5.41, 5.74) is 0.974. The van der Waals surface area contributed by atoms with Crippen molar-refractivity contribution in [3.63, 3.8) is 0 Å². The number of hydrogen-bond donors (Lipinski definition) is 2. The third kappa shape index (κ3) is 6.24. The van der Waals surface area contributed by atoms with Gasteiger partial charge in [-0.15, -0.1) is 0 Å². The molecule has 0 unspecified atom stereocenters. The molecule has 1 fully saturated rings. The second kappa shape index (κ2) is 11.4. The zero-order chi connectivity index (χ0) is 26.5. The largest absolute Gasteiger partial charge is 0.492 e. The summed E-state index contributed by atoms with van der Waals surface area (Å²) in [5, 5.41) is 3.84. The fraction of sp³-hybridized carbons (Fsp3) is 0.259. The van der Waals surface area contributed by atoms with Crippen molar-refractivity contribution < 1.29 is 17.9 Å². The van der Waals surface area contributed by atoms with Crippen molar-refractivity contribution in [1.29, 1.82) is 0 Å². The van der Waals surface area contributed by atoms with E-state index in [-0.39, 0.29) is 10.8 Å². The molecule has 5 rings (SSSR count). The van der Waals surface area contributed by atoms with E-state index in [1.807, 2.05) is 6.07 Å². The Balaban J connectivity index is 1.07. The number of aromatic nitrogens is 1. The van der Waals surface area contributed by atoms with Gasteiger partial charge in [0.2, 0.25) is 5.91 Å². The van der Waals surface area contributed by atoms with Gasteiger partial charge in [-0.3, -0.25) is 14.4 Å². The summed E-state index contributed by atoms with van der Waals surface area (Å²) < 4.78 is 39.7. The first-order chi connectivity index (χ1) is 18.4. The minimum atomic E-state index is -3.75. The van der Waals surface area contributed by atoms with Crippen LogP contribution in [0.5, 0.6) is 5.75 Å². The topological polar surface area (TPSA) is 104 Å². The van der Waals surface area contributed by atoms with E-state index in [0.717, 1.165) is 38.5 Å². The molecule has 3 aromatic carbocycles. The number of carbonyl (C=O) groups excluding carboxylic acids is 1. The molecule has 1 aliphatic heterocycles. The minimum Gasteiger partial charge on any atom is -0.492 e. The zero-order valence-electron chi connectivity index (χ0n) is 21.0. The summed E-state index contributed by atoms with van der Waals surface area (Å²) >= 11 is 1.55. The van der Waals surface area contributed by atoms with Crippen LogP contribution in [0.25, 0.3) is 10.1 Å². The summed E-state index contributed by atoms with van der Waals surface area (Å²) in [5.74, 6) is 1.54. The van der Waals surface area contributed by atoms with Gasteiger partial charge in [-0.05, 0) is 72.2 Å². The monoisotopic (exact) mass is 551 g/mol. The van der Waals surface area contributed by atoms with Crippen LogP contribution in [0.2, 0.25) is 0 Å². The van der Waals surface area contributed by atoms with Gasteiger partial charge in [-0.25, -0.2) is 8.42 Å². The Morgan fingerprint density at radius 3 is 2.34 bits per heavy atom. The lowest BCUT2D eigenvalue weighted by molar-refractivity contribution is -0.114. The SMILES string of the molecule is CC(=O)Nc1ccc(S(=O)(=O)Nc2ccc(OCCN3CCN(c4nsc5ccccc45)CC3)cc2)cc1. The highest BCUT2D eigenvalue weighted by Crippen LogP contribution is 2.29. The molecule has 1 saturated heterocycles. The Morgan fingerprint density at radius 2 is 1.63 bits per heavy atom. The summed E-state index contributed by atoms with van der Waals surface area (Å²) in [6, 6.07) is 21.2. The van der Waals surface area contributed by atoms with Crippen molar-refractivity contribution in [2.24, 2.45) is 0 Å².